The molecule has 0 atom stereocenters. The van der Waals surface area contributed by atoms with Gasteiger partial charge in [-0.2, -0.15) is 0 Å². The summed E-state index contributed by atoms with van der Waals surface area (Å²) in [5.74, 6) is 0.128. The van der Waals surface area contributed by atoms with Crippen LogP contribution in [0.1, 0.15) is 71.6 Å². The molecule has 100 valence electrons. The molecule has 1 rings (SSSR count). The summed E-state index contributed by atoms with van der Waals surface area (Å²) in [6, 6.07) is 0. The summed E-state index contributed by atoms with van der Waals surface area (Å²) in [4.78, 5) is 9.60. The molecule has 0 amide bonds. The average molecular weight is 240 g/mol. The van der Waals surface area contributed by atoms with Crippen molar-refractivity contribution < 1.29 is 9.90 Å². The van der Waals surface area contributed by atoms with Crippen molar-refractivity contribution in [2.24, 2.45) is 5.92 Å². The van der Waals surface area contributed by atoms with Crippen molar-refractivity contribution in [2.75, 3.05) is 0 Å². The fourth-order valence-electron chi connectivity index (χ4n) is 2.13. The Bertz CT molecular complexity index is 199. The number of aliphatic carboxylic acids is 1. The summed E-state index contributed by atoms with van der Waals surface area (Å²) in [6.45, 7) is 6.95. The van der Waals surface area contributed by atoms with Gasteiger partial charge in [-0.3, -0.25) is 0 Å². The summed E-state index contributed by atoms with van der Waals surface area (Å²) in [5.41, 5.74) is 0.176. The molecule has 0 unspecified atom stereocenters. The van der Waals surface area contributed by atoms with Crippen molar-refractivity contribution in [3.63, 3.8) is 0 Å². The molecule has 0 bridgehead atoms. The van der Waals surface area contributed by atoms with Gasteiger partial charge in [0.05, 0.1) is 0 Å². The summed E-state index contributed by atoms with van der Waals surface area (Å²) < 4.78 is 0. The Morgan fingerprint density at radius 1 is 1.12 bits per heavy atom. The zero-order valence-corrected chi connectivity index (χ0v) is 11.5. The topological polar surface area (TPSA) is 37.3 Å². The van der Waals surface area contributed by atoms with Crippen LogP contribution in [-0.4, -0.2) is 11.1 Å². The highest BCUT2D eigenvalue weighted by Crippen LogP contribution is 2.23. The van der Waals surface area contributed by atoms with E-state index in [0.717, 1.165) is 5.92 Å². The maximum atomic E-state index is 9.60. The van der Waals surface area contributed by atoms with Gasteiger partial charge in [0.15, 0.2) is 0 Å². The van der Waals surface area contributed by atoms with E-state index in [-0.39, 0.29) is 5.57 Å². The van der Waals surface area contributed by atoms with Gasteiger partial charge < -0.3 is 5.11 Å². The molecule has 1 aliphatic carbocycles. The average Bonchev–Trinajstić information content (AvgIpc) is 2.42. The number of carbonyl (C=O) groups is 1. The van der Waals surface area contributed by atoms with Crippen molar-refractivity contribution in [2.45, 2.75) is 71.6 Å². The monoisotopic (exact) mass is 240 g/mol. The first-order valence-electron chi connectivity index (χ1n) is 6.96. The summed E-state index contributed by atoms with van der Waals surface area (Å²) >= 11 is 0. The lowest BCUT2D eigenvalue weighted by atomic mass is 9.95. The molecule has 0 aromatic rings. The number of carboxylic acid groups (broad SMARTS) is 1. The van der Waals surface area contributed by atoms with Gasteiger partial charge in [0, 0.05) is 5.57 Å². The largest absolute Gasteiger partial charge is 0.478 e. The SMILES string of the molecule is C=C(C)C(=O)O.CCC1CCCCCCCC1. The zero-order chi connectivity index (χ0) is 13.1. The Morgan fingerprint density at radius 3 is 1.76 bits per heavy atom. The first-order chi connectivity index (χ1) is 8.07. The minimum atomic E-state index is -0.935. The van der Waals surface area contributed by atoms with Crippen molar-refractivity contribution in [1.82, 2.24) is 0 Å². The van der Waals surface area contributed by atoms with E-state index in [4.69, 9.17) is 5.11 Å². The van der Waals surface area contributed by atoms with Crippen LogP contribution in [0.5, 0.6) is 0 Å². The maximum Gasteiger partial charge on any atom is 0.330 e. The van der Waals surface area contributed by atoms with Gasteiger partial charge in [-0.1, -0.05) is 71.3 Å². The lowest BCUT2D eigenvalue weighted by Gasteiger charge is -2.11. The van der Waals surface area contributed by atoms with Gasteiger partial charge in [0.25, 0.3) is 0 Å². The molecule has 0 spiro atoms. The van der Waals surface area contributed by atoms with E-state index in [2.05, 4.69) is 13.5 Å². The zero-order valence-electron chi connectivity index (χ0n) is 11.5. The molecule has 0 aromatic carbocycles. The molecule has 0 saturated heterocycles. The molecular weight excluding hydrogens is 212 g/mol. The minimum absolute atomic E-state index is 0.176. The van der Waals surface area contributed by atoms with Crippen molar-refractivity contribution in [1.29, 1.82) is 0 Å². The molecule has 1 fully saturated rings. The minimum Gasteiger partial charge on any atom is -0.478 e. The van der Waals surface area contributed by atoms with Gasteiger partial charge in [-0.15, -0.1) is 0 Å². The van der Waals surface area contributed by atoms with E-state index >= 15 is 0 Å². The van der Waals surface area contributed by atoms with E-state index in [1.54, 1.807) is 0 Å². The third kappa shape index (κ3) is 10.1. The second kappa shape index (κ2) is 10.4. The van der Waals surface area contributed by atoms with E-state index in [9.17, 15) is 4.79 Å². The van der Waals surface area contributed by atoms with E-state index < -0.39 is 5.97 Å². The smallest absolute Gasteiger partial charge is 0.330 e. The van der Waals surface area contributed by atoms with Gasteiger partial charge in [0.1, 0.15) is 0 Å². The van der Waals surface area contributed by atoms with Crippen LogP contribution in [-0.2, 0) is 4.79 Å². The first kappa shape index (κ1) is 16.2. The Balaban J connectivity index is 0.000000366. The maximum absolute atomic E-state index is 9.60. The summed E-state index contributed by atoms with van der Waals surface area (Å²) in [5, 5.41) is 7.89. The number of rotatable bonds is 2. The Hall–Kier alpha value is -0.790. The van der Waals surface area contributed by atoms with E-state index in [0.29, 0.717) is 0 Å². The number of hydrogen-bond donors (Lipinski definition) is 1. The van der Waals surface area contributed by atoms with Gasteiger partial charge in [-0.25, -0.2) is 4.79 Å². The van der Waals surface area contributed by atoms with Crippen molar-refractivity contribution in [3.05, 3.63) is 12.2 Å². The van der Waals surface area contributed by atoms with Crippen molar-refractivity contribution >= 4 is 5.97 Å². The van der Waals surface area contributed by atoms with Crippen LogP contribution >= 0.6 is 0 Å². The molecule has 0 radical (unpaired) electrons. The van der Waals surface area contributed by atoms with Crippen molar-refractivity contribution in [3.8, 4) is 0 Å². The van der Waals surface area contributed by atoms with Gasteiger partial charge in [-0.05, 0) is 12.8 Å². The number of hydrogen-bond acceptors (Lipinski definition) is 1. The molecule has 0 aromatic heterocycles. The molecule has 1 aliphatic rings. The van der Waals surface area contributed by atoms with Crippen LogP contribution in [0.25, 0.3) is 0 Å². The first-order valence-corrected chi connectivity index (χ1v) is 6.96. The highest BCUT2D eigenvalue weighted by Gasteiger charge is 2.07. The van der Waals surface area contributed by atoms with Crippen LogP contribution in [0.15, 0.2) is 12.2 Å². The lowest BCUT2D eigenvalue weighted by Crippen LogP contribution is -1.97. The lowest BCUT2D eigenvalue weighted by molar-refractivity contribution is -0.132. The predicted octanol–water partition coefficient (Wildman–Crippen LogP) is 4.79. The normalized spacial score (nSPS) is 18.0. The van der Waals surface area contributed by atoms with Crippen LogP contribution in [0.3, 0.4) is 0 Å². The fourth-order valence-corrected chi connectivity index (χ4v) is 2.13. The summed E-state index contributed by atoms with van der Waals surface area (Å²) in [7, 11) is 0. The molecular formula is C15H28O2. The van der Waals surface area contributed by atoms with Crippen LogP contribution in [0, 0.1) is 5.92 Å². The highest BCUT2D eigenvalue weighted by atomic mass is 16.4. The van der Waals surface area contributed by atoms with Gasteiger partial charge >= 0.3 is 5.97 Å². The third-order valence-corrected chi connectivity index (χ3v) is 3.42. The summed E-state index contributed by atoms with van der Waals surface area (Å²) in [6.07, 6.45) is 13.4. The molecule has 1 saturated carbocycles. The Morgan fingerprint density at radius 2 is 1.47 bits per heavy atom. The Labute approximate surface area is 106 Å². The molecule has 2 nitrogen and oxygen atoms in total. The molecule has 17 heavy (non-hydrogen) atoms. The van der Waals surface area contributed by atoms with Crippen LogP contribution in [0.4, 0.5) is 0 Å². The third-order valence-electron chi connectivity index (χ3n) is 3.42. The fraction of sp³-hybridized carbons (Fsp3) is 0.800. The molecule has 2 heteroatoms. The molecule has 0 aliphatic heterocycles. The van der Waals surface area contributed by atoms with E-state index in [1.807, 2.05) is 0 Å². The predicted molar refractivity (Wildman–Crippen MR) is 73.2 cm³/mol. The Kier molecular flexibility index (Phi) is 9.89. The standard InChI is InChI=1S/C11H22.C4H6O2/c1-2-11-9-7-5-3-4-6-8-10-11;1-3(2)4(5)6/h11H,2-10H2,1H3;1H2,2H3,(H,5,6). The second-order valence-electron chi connectivity index (χ2n) is 5.06. The van der Waals surface area contributed by atoms with Crippen LogP contribution < -0.4 is 0 Å². The van der Waals surface area contributed by atoms with E-state index in [1.165, 1.54) is 64.7 Å². The second-order valence-corrected chi connectivity index (χ2v) is 5.06. The number of carboxylic acids is 1. The molecule has 0 heterocycles. The van der Waals surface area contributed by atoms with Gasteiger partial charge in [0.2, 0.25) is 0 Å². The highest BCUT2D eigenvalue weighted by molar-refractivity contribution is 5.84. The van der Waals surface area contributed by atoms with Crippen LogP contribution in [0.2, 0.25) is 0 Å². The quantitative estimate of drug-likeness (QED) is 0.704. The molecule has 1 N–H and O–H groups in total.